The molecule has 0 saturated heterocycles. The van der Waals surface area contributed by atoms with Crippen LogP contribution in [0.3, 0.4) is 0 Å². The molecule has 2 fully saturated rings. The number of halogens is 2. The van der Waals surface area contributed by atoms with Crippen molar-refractivity contribution in [2.75, 3.05) is 6.54 Å². The van der Waals surface area contributed by atoms with E-state index in [1.54, 1.807) is 0 Å². The lowest BCUT2D eigenvalue weighted by atomic mass is 9.99. The van der Waals surface area contributed by atoms with E-state index >= 15 is 0 Å². The van der Waals surface area contributed by atoms with Crippen LogP contribution in [0.4, 0.5) is 0 Å². The summed E-state index contributed by atoms with van der Waals surface area (Å²) < 4.78 is 2.31. The normalized spacial score (nSPS) is 22.8. The first-order valence-corrected chi connectivity index (χ1v) is 8.38. The van der Waals surface area contributed by atoms with Gasteiger partial charge in [0.1, 0.15) is 0 Å². The summed E-state index contributed by atoms with van der Waals surface area (Å²) in [5, 5.41) is 3.74. The molecule has 0 bridgehead atoms. The SMILES string of the molecule is CC(NCC1(C2CC2)CC1)c1ccc(Br)cc1Br. The highest BCUT2D eigenvalue weighted by Gasteiger charge is 2.53. The van der Waals surface area contributed by atoms with Gasteiger partial charge >= 0.3 is 0 Å². The second-order valence-corrected chi connectivity index (χ2v) is 7.68. The van der Waals surface area contributed by atoms with Crippen molar-refractivity contribution in [2.45, 2.75) is 38.6 Å². The highest BCUT2D eigenvalue weighted by molar-refractivity contribution is 9.11. The molecule has 18 heavy (non-hydrogen) atoms. The topological polar surface area (TPSA) is 12.0 Å². The van der Waals surface area contributed by atoms with E-state index < -0.39 is 0 Å². The van der Waals surface area contributed by atoms with Gasteiger partial charge in [0.2, 0.25) is 0 Å². The molecule has 0 amide bonds. The van der Waals surface area contributed by atoms with Gasteiger partial charge < -0.3 is 5.32 Å². The minimum absolute atomic E-state index is 0.420. The monoisotopic (exact) mass is 371 g/mol. The van der Waals surface area contributed by atoms with Gasteiger partial charge in [0.25, 0.3) is 0 Å². The molecule has 98 valence electrons. The zero-order chi connectivity index (χ0) is 12.8. The molecule has 3 rings (SSSR count). The van der Waals surface area contributed by atoms with Crippen LogP contribution < -0.4 is 5.32 Å². The lowest BCUT2D eigenvalue weighted by Gasteiger charge is -2.21. The molecule has 1 nitrogen and oxygen atoms in total. The van der Waals surface area contributed by atoms with Gasteiger partial charge in [0.05, 0.1) is 0 Å². The molecule has 0 radical (unpaired) electrons. The Morgan fingerprint density at radius 3 is 2.61 bits per heavy atom. The number of benzene rings is 1. The smallest absolute Gasteiger partial charge is 0.0303 e. The number of hydrogen-bond acceptors (Lipinski definition) is 1. The van der Waals surface area contributed by atoms with Gasteiger partial charge in [-0.3, -0.25) is 0 Å². The van der Waals surface area contributed by atoms with Crippen LogP contribution in [-0.2, 0) is 0 Å². The van der Waals surface area contributed by atoms with E-state index in [-0.39, 0.29) is 0 Å². The third-order valence-corrected chi connectivity index (χ3v) is 5.70. The van der Waals surface area contributed by atoms with Gasteiger partial charge in [-0.2, -0.15) is 0 Å². The molecular formula is C15H19Br2N. The molecule has 1 aromatic carbocycles. The molecule has 0 heterocycles. The molecule has 0 aliphatic heterocycles. The fourth-order valence-corrected chi connectivity index (χ4v) is 4.30. The standard InChI is InChI=1S/C15H19Br2N/c1-10(13-5-4-12(16)8-14(13)17)18-9-15(6-7-15)11-2-3-11/h4-5,8,10-11,18H,2-3,6-7,9H2,1H3. The van der Waals surface area contributed by atoms with Crippen molar-refractivity contribution in [3.05, 3.63) is 32.7 Å². The third kappa shape index (κ3) is 2.68. The summed E-state index contributed by atoms with van der Waals surface area (Å²) in [5.74, 6) is 1.03. The van der Waals surface area contributed by atoms with Crippen LogP contribution in [0.5, 0.6) is 0 Å². The summed E-state index contributed by atoms with van der Waals surface area (Å²) in [6.07, 6.45) is 5.83. The highest BCUT2D eigenvalue weighted by atomic mass is 79.9. The van der Waals surface area contributed by atoms with Gasteiger partial charge in [-0.25, -0.2) is 0 Å². The van der Waals surface area contributed by atoms with Crippen LogP contribution in [0.1, 0.15) is 44.2 Å². The van der Waals surface area contributed by atoms with Crippen molar-refractivity contribution < 1.29 is 0 Å². The van der Waals surface area contributed by atoms with Gasteiger partial charge in [-0.05, 0) is 61.6 Å². The fraction of sp³-hybridized carbons (Fsp3) is 0.600. The number of hydrogen-bond donors (Lipinski definition) is 1. The highest BCUT2D eigenvalue weighted by Crippen LogP contribution is 2.61. The van der Waals surface area contributed by atoms with Gasteiger partial charge in [-0.1, -0.05) is 37.9 Å². The molecule has 0 spiro atoms. The molecule has 2 aliphatic carbocycles. The Morgan fingerprint density at radius 1 is 1.33 bits per heavy atom. The van der Waals surface area contributed by atoms with Gasteiger partial charge in [0, 0.05) is 21.5 Å². The molecule has 1 N–H and O–H groups in total. The van der Waals surface area contributed by atoms with E-state index in [1.165, 1.54) is 42.3 Å². The van der Waals surface area contributed by atoms with Crippen LogP contribution >= 0.6 is 31.9 Å². The summed E-state index contributed by atoms with van der Waals surface area (Å²) in [5.41, 5.74) is 2.03. The van der Waals surface area contributed by atoms with Crippen molar-refractivity contribution in [3.63, 3.8) is 0 Å². The Bertz CT molecular complexity index is 450. The van der Waals surface area contributed by atoms with Crippen molar-refractivity contribution in [2.24, 2.45) is 11.3 Å². The van der Waals surface area contributed by atoms with Crippen molar-refractivity contribution >= 4 is 31.9 Å². The zero-order valence-corrected chi connectivity index (χ0v) is 13.9. The largest absolute Gasteiger partial charge is 0.310 e. The summed E-state index contributed by atoms with van der Waals surface area (Å²) in [6.45, 7) is 3.46. The lowest BCUT2D eigenvalue weighted by Crippen LogP contribution is -2.28. The van der Waals surface area contributed by atoms with E-state index in [0.717, 1.165) is 10.4 Å². The first-order valence-electron chi connectivity index (χ1n) is 6.79. The van der Waals surface area contributed by atoms with E-state index in [1.807, 2.05) is 0 Å². The summed E-state index contributed by atoms with van der Waals surface area (Å²) in [4.78, 5) is 0. The Hall–Kier alpha value is 0.140. The van der Waals surface area contributed by atoms with Crippen LogP contribution in [0, 0.1) is 11.3 Å². The molecule has 3 heteroatoms. The predicted octanol–water partition coefficient (Wildman–Crippen LogP) is 5.05. The van der Waals surface area contributed by atoms with Crippen LogP contribution in [0.15, 0.2) is 27.1 Å². The molecule has 2 aliphatic rings. The van der Waals surface area contributed by atoms with E-state index in [4.69, 9.17) is 0 Å². The lowest BCUT2D eigenvalue weighted by molar-refractivity contribution is 0.381. The zero-order valence-electron chi connectivity index (χ0n) is 10.7. The number of rotatable bonds is 5. The fourth-order valence-electron chi connectivity index (χ4n) is 2.90. The maximum absolute atomic E-state index is 3.74. The average Bonchev–Trinajstić information content (AvgIpc) is 3.17. The predicted molar refractivity (Wildman–Crippen MR) is 82.7 cm³/mol. The quantitative estimate of drug-likeness (QED) is 0.762. The van der Waals surface area contributed by atoms with Crippen LogP contribution in [0.2, 0.25) is 0 Å². The number of nitrogens with one attached hydrogen (secondary N) is 1. The molecule has 1 atom stereocenters. The maximum atomic E-state index is 3.74. The molecule has 2 saturated carbocycles. The minimum atomic E-state index is 0.420. The Kier molecular flexibility index (Phi) is 3.59. The summed E-state index contributed by atoms with van der Waals surface area (Å²) in [7, 11) is 0. The van der Waals surface area contributed by atoms with Crippen molar-refractivity contribution in [1.82, 2.24) is 5.32 Å². The molecular weight excluding hydrogens is 354 g/mol. The van der Waals surface area contributed by atoms with Gasteiger partial charge in [0.15, 0.2) is 0 Å². The second kappa shape index (κ2) is 4.92. The maximum Gasteiger partial charge on any atom is 0.0303 e. The minimum Gasteiger partial charge on any atom is -0.310 e. The Balaban J connectivity index is 1.62. The summed E-state index contributed by atoms with van der Waals surface area (Å²) >= 11 is 7.16. The first-order chi connectivity index (χ1) is 8.61. The van der Waals surface area contributed by atoms with E-state index in [0.29, 0.717) is 11.5 Å². The van der Waals surface area contributed by atoms with E-state index in [9.17, 15) is 0 Å². The second-order valence-electron chi connectivity index (χ2n) is 5.91. The Morgan fingerprint density at radius 2 is 2.06 bits per heavy atom. The third-order valence-electron chi connectivity index (χ3n) is 4.52. The summed E-state index contributed by atoms with van der Waals surface area (Å²) in [6, 6.07) is 6.86. The molecule has 0 aromatic heterocycles. The van der Waals surface area contributed by atoms with Crippen LogP contribution in [0.25, 0.3) is 0 Å². The molecule has 1 aromatic rings. The van der Waals surface area contributed by atoms with Crippen molar-refractivity contribution in [3.8, 4) is 0 Å². The van der Waals surface area contributed by atoms with Crippen LogP contribution in [-0.4, -0.2) is 6.54 Å². The first kappa shape index (κ1) is 13.1. The van der Waals surface area contributed by atoms with E-state index in [2.05, 4.69) is 62.3 Å². The van der Waals surface area contributed by atoms with Crippen molar-refractivity contribution in [1.29, 1.82) is 0 Å². The average molecular weight is 373 g/mol. The molecule has 1 unspecified atom stereocenters. The Labute approximate surface area is 126 Å². The van der Waals surface area contributed by atoms with Gasteiger partial charge in [-0.15, -0.1) is 0 Å².